The van der Waals surface area contributed by atoms with E-state index in [9.17, 15) is 0 Å². The van der Waals surface area contributed by atoms with Gasteiger partial charge < -0.3 is 9.30 Å². The van der Waals surface area contributed by atoms with E-state index < -0.39 is 0 Å². The van der Waals surface area contributed by atoms with Crippen LogP contribution in [0.1, 0.15) is 25.1 Å². The average molecular weight is 358 g/mol. The highest BCUT2D eigenvalue weighted by molar-refractivity contribution is 9.10. The third-order valence-corrected chi connectivity index (χ3v) is 4.93. The molecule has 1 saturated carbocycles. The lowest BCUT2D eigenvalue weighted by atomic mass is 10.0. The molecule has 1 heterocycles. The maximum atomic E-state index is 6.08. The molecule has 0 bridgehead atoms. The first-order chi connectivity index (χ1) is 9.67. The normalized spacial score (nSPS) is 16.8. The number of fused-ring (bicyclic) bond motifs is 1. The second-order valence-electron chi connectivity index (χ2n) is 5.62. The number of benzene rings is 1. The summed E-state index contributed by atoms with van der Waals surface area (Å²) in [4.78, 5) is 4.65. The summed E-state index contributed by atoms with van der Waals surface area (Å²) >= 11 is 9.57. The number of halogens is 2. The maximum absolute atomic E-state index is 6.08. The van der Waals surface area contributed by atoms with Gasteiger partial charge in [0.2, 0.25) is 0 Å². The summed E-state index contributed by atoms with van der Waals surface area (Å²) in [6, 6.07) is 6.23. The molecule has 1 aliphatic carbocycles. The lowest BCUT2D eigenvalue weighted by Gasteiger charge is -2.17. The Bertz CT molecular complexity index is 622. The van der Waals surface area contributed by atoms with E-state index in [4.69, 9.17) is 16.3 Å². The van der Waals surface area contributed by atoms with Crippen LogP contribution in [0, 0.1) is 5.41 Å². The zero-order chi connectivity index (χ0) is 14.2. The Balaban J connectivity index is 1.94. The molecule has 0 amide bonds. The van der Waals surface area contributed by atoms with Crippen LogP contribution < -0.4 is 0 Å². The predicted octanol–water partition coefficient (Wildman–Crippen LogP) is 4.35. The van der Waals surface area contributed by atoms with E-state index in [1.165, 1.54) is 18.4 Å². The van der Waals surface area contributed by atoms with Crippen molar-refractivity contribution in [2.24, 2.45) is 5.41 Å². The first-order valence-electron chi connectivity index (χ1n) is 6.87. The van der Waals surface area contributed by atoms with Crippen LogP contribution in [0.25, 0.3) is 11.0 Å². The summed E-state index contributed by atoms with van der Waals surface area (Å²) in [5, 5.41) is 0. The second-order valence-corrected chi connectivity index (χ2v) is 6.81. The van der Waals surface area contributed by atoms with Crippen LogP contribution in [0.4, 0.5) is 0 Å². The van der Waals surface area contributed by atoms with Crippen LogP contribution in [0.15, 0.2) is 22.7 Å². The first-order valence-corrected chi connectivity index (χ1v) is 8.20. The number of nitrogens with zero attached hydrogens (tertiary/aromatic N) is 2. The number of hydrogen-bond donors (Lipinski definition) is 0. The molecule has 0 aliphatic heterocycles. The predicted molar refractivity (Wildman–Crippen MR) is 85.2 cm³/mol. The van der Waals surface area contributed by atoms with Gasteiger partial charge in [0.15, 0.2) is 0 Å². The van der Waals surface area contributed by atoms with Gasteiger partial charge in [0.05, 0.1) is 16.9 Å². The van der Waals surface area contributed by atoms with Crippen molar-refractivity contribution in [3.05, 3.63) is 28.5 Å². The monoisotopic (exact) mass is 356 g/mol. The van der Waals surface area contributed by atoms with Crippen LogP contribution in [0.2, 0.25) is 0 Å². The Morgan fingerprint density at radius 3 is 2.90 bits per heavy atom. The molecule has 1 aromatic carbocycles. The molecule has 108 valence electrons. The van der Waals surface area contributed by atoms with Gasteiger partial charge in [-0.1, -0.05) is 15.9 Å². The molecule has 0 N–H and O–H groups in total. The third kappa shape index (κ3) is 2.74. The van der Waals surface area contributed by atoms with E-state index in [2.05, 4.69) is 43.7 Å². The average Bonchev–Trinajstić information content (AvgIpc) is 3.13. The van der Waals surface area contributed by atoms with Crippen LogP contribution in [-0.2, 0) is 17.2 Å². The molecule has 0 unspecified atom stereocenters. The summed E-state index contributed by atoms with van der Waals surface area (Å²) in [6.07, 6.45) is 3.66. The molecule has 0 atom stereocenters. The molecule has 1 aliphatic rings. The summed E-state index contributed by atoms with van der Waals surface area (Å²) in [5.74, 6) is 1.41. The highest BCUT2D eigenvalue weighted by Crippen LogP contribution is 2.50. The van der Waals surface area contributed by atoms with Gasteiger partial charge in [-0.2, -0.15) is 0 Å². The third-order valence-electron chi connectivity index (χ3n) is 4.20. The number of imidazole rings is 1. The molecule has 5 heteroatoms. The molecule has 1 fully saturated rings. The molecule has 20 heavy (non-hydrogen) atoms. The van der Waals surface area contributed by atoms with Crippen molar-refractivity contribution in [1.82, 2.24) is 9.55 Å². The molecule has 2 aromatic rings. The first kappa shape index (κ1) is 14.4. The molecular weight excluding hydrogens is 340 g/mol. The van der Waals surface area contributed by atoms with E-state index >= 15 is 0 Å². The van der Waals surface area contributed by atoms with E-state index in [0.29, 0.717) is 11.3 Å². The van der Waals surface area contributed by atoms with Crippen molar-refractivity contribution in [2.45, 2.75) is 31.7 Å². The Morgan fingerprint density at radius 2 is 2.25 bits per heavy atom. The van der Waals surface area contributed by atoms with E-state index in [0.717, 1.165) is 35.4 Å². The summed E-state index contributed by atoms with van der Waals surface area (Å²) < 4.78 is 8.58. The highest BCUT2D eigenvalue weighted by Gasteiger charge is 2.42. The van der Waals surface area contributed by atoms with Gasteiger partial charge in [0, 0.05) is 24.7 Å². The number of methoxy groups -OCH3 is 1. The fraction of sp³-hybridized carbons (Fsp3) is 0.533. The molecule has 1 aromatic heterocycles. The molecule has 0 saturated heterocycles. The van der Waals surface area contributed by atoms with E-state index in [-0.39, 0.29) is 0 Å². The standard InChI is InChI=1S/C15H18BrClN2O/c1-20-7-6-15(4-5-15)10-19-13-3-2-11(16)8-12(13)18-14(19)9-17/h2-3,8H,4-7,9-10H2,1H3. The van der Waals surface area contributed by atoms with Gasteiger partial charge in [-0.05, 0) is 42.9 Å². The number of rotatable bonds is 6. The van der Waals surface area contributed by atoms with Gasteiger partial charge in [0.25, 0.3) is 0 Å². The van der Waals surface area contributed by atoms with E-state index in [1.807, 2.05) is 0 Å². The minimum Gasteiger partial charge on any atom is -0.385 e. The van der Waals surface area contributed by atoms with Crippen molar-refractivity contribution < 1.29 is 4.74 Å². The molecule has 0 spiro atoms. The van der Waals surface area contributed by atoms with Crippen molar-refractivity contribution in [1.29, 1.82) is 0 Å². The maximum Gasteiger partial charge on any atom is 0.124 e. The lowest BCUT2D eigenvalue weighted by Crippen LogP contribution is -2.15. The number of hydrogen-bond acceptors (Lipinski definition) is 2. The van der Waals surface area contributed by atoms with Gasteiger partial charge in [-0.3, -0.25) is 0 Å². The minimum atomic E-state index is 0.386. The second kappa shape index (κ2) is 5.66. The Kier molecular flexibility index (Phi) is 4.07. The fourth-order valence-corrected chi connectivity index (χ4v) is 3.30. The van der Waals surface area contributed by atoms with Gasteiger partial charge in [-0.15, -0.1) is 11.6 Å². The fourth-order valence-electron chi connectivity index (χ4n) is 2.75. The van der Waals surface area contributed by atoms with Crippen molar-refractivity contribution in [3.63, 3.8) is 0 Å². The molecule has 3 rings (SSSR count). The van der Waals surface area contributed by atoms with Crippen molar-refractivity contribution in [3.8, 4) is 0 Å². The summed E-state index contributed by atoms with van der Waals surface area (Å²) in [7, 11) is 1.77. The largest absolute Gasteiger partial charge is 0.385 e. The van der Waals surface area contributed by atoms with Gasteiger partial charge >= 0.3 is 0 Å². The number of aromatic nitrogens is 2. The number of ether oxygens (including phenoxy) is 1. The van der Waals surface area contributed by atoms with Crippen LogP contribution in [0.5, 0.6) is 0 Å². The topological polar surface area (TPSA) is 27.1 Å². The zero-order valence-corrected chi connectivity index (χ0v) is 13.9. The van der Waals surface area contributed by atoms with Crippen molar-refractivity contribution in [2.75, 3.05) is 13.7 Å². The smallest absolute Gasteiger partial charge is 0.124 e. The lowest BCUT2D eigenvalue weighted by molar-refractivity contribution is 0.167. The van der Waals surface area contributed by atoms with Crippen LogP contribution in [-0.4, -0.2) is 23.3 Å². The van der Waals surface area contributed by atoms with Gasteiger partial charge in [0.1, 0.15) is 5.82 Å². The van der Waals surface area contributed by atoms with Gasteiger partial charge in [-0.25, -0.2) is 4.98 Å². The minimum absolute atomic E-state index is 0.386. The SMILES string of the molecule is COCCC1(Cn2c(CCl)nc3cc(Br)ccc32)CC1. The Morgan fingerprint density at radius 1 is 1.45 bits per heavy atom. The summed E-state index contributed by atoms with van der Waals surface area (Å²) in [5.41, 5.74) is 2.57. The Labute approximate surface area is 132 Å². The van der Waals surface area contributed by atoms with Crippen LogP contribution >= 0.6 is 27.5 Å². The summed E-state index contributed by atoms with van der Waals surface area (Å²) in [6.45, 7) is 1.82. The highest BCUT2D eigenvalue weighted by atomic mass is 79.9. The number of alkyl halides is 1. The quantitative estimate of drug-likeness (QED) is 0.718. The van der Waals surface area contributed by atoms with Crippen LogP contribution in [0.3, 0.4) is 0 Å². The zero-order valence-electron chi connectivity index (χ0n) is 11.5. The van der Waals surface area contributed by atoms with E-state index in [1.54, 1.807) is 7.11 Å². The Hall–Kier alpha value is -0.580. The molecule has 3 nitrogen and oxygen atoms in total. The molecular formula is C15H18BrClN2O. The van der Waals surface area contributed by atoms with Crippen molar-refractivity contribution >= 4 is 38.6 Å². The molecule has 0 radical (unpaired) electrons.